The van der Waals surface area contributed by atoms with Crippen LogP contribution in [0.3, 0.4) is 0 Å². The summed E-state index contributed by atoms with van der Waals surface area (Å²) >= 11 is 0. The van der Waals surface area contributed by atoms with Crippen LogP contribution in [0.1, 0.15) is 27.4 Å². The largest absolute Gasteiger partial charge is 0.346 e. The molecule has 0 N–H and O–H groups in total. The van der Waals surface area contributed by atoms with E-state index < -0.39 is 35.0 Å². The van der Waals surface area contributed by atoms with E-state index >= 15 is 0 Å². The molecule has 32 heavy (non-hydrogen) atoms. The number of rotatable bonds is 3. The Kier molecular flexibility index (Phi) is 4.61. The zero-order valence-corrected chi connectivity index (χ0v) is 17.0. The lowest BCUT2D eigenvalue weighted by molar-refractivity contribution is 0.0837. The third kappa shape index (κ3) is 2.62. The summed E-state index contributed by atoms with van der Waals surface area (Å²) < 4.78 is 14.7. The van der Waals surface area contributed by atoms with Crippen LogP contribution in [0.4, 0.5) is 10.1 Å². The number of carbonyl (C=O) groups excluding carboxylic acids is 1. The standard InChI is InChI=1S/C27H18FN3O/c28-21-12-6-5-11-20(21)26(32)27(17-30)24-15-14-18-8-4-7-13-22(18)31(24)23(16-29)25(27)19-9-2-1-3-10-19/h1-15,23-25H/t23-,24-,25-,27+/m0/s1. The van der Waals surface area contributed by atoms with E-state index in [9.17, 15) is 19.7 Å². The number of Topliss-reactive ketones (excluding diaryl/α,β-unsaturated/α-hetero) is 1. The first-order chi connectivity index (χ1) is 15.6. The van der Waals surface area contributed by atoms with Gasteiger partial charge in [-0.2, -0.15) is 10.5 Å². The van der Waals surface area contributed by atoms with Gasteiger partial charge in [0.05, 0.1) is 23.7 Å². The van der Waals surface area contributed by atoms with Crippen molar-refractivity contribution in [3.8, 4) is 12.1 Å². The molecular formula is C27H18FN3O. The van der Waals surface area contributed by atoms with Gasteiger partial charge in [0.1, 0.15) is 11.9 Å². The lowest BCUT2D eigenvalue weighted by Crippen LogP contribution is -2.46. The fraction of sp³-hybridized carbons (Fsp3) is 0.148. The molecule has 4 atom stereocenters. The molecule has 5 rings (SSSR count). The second kappa shape index (κ2) is 7.48. The molecule has 5 heteroatoms. The predicted molar refractivity (Wildman–Crippen MR) is 119 cm³/mol. The number of para-hydroxylation sites is 1. The molecule has 2 aliphatic rings. The first-order valence-corrected chi connectivity index (χ1v) is 10.3. The van der Waals surface area contributed by atoms with Crippen LogP contribution in [0.2, 0.25) is 0 Å². The number of halogens is 1. The number of hydrogen-bond donors (Lipinski definition) is 0. The van der Waals surface area contributed by atoms with Crippen molar-refractivity contribution in [2.75, 3.05) is 4.90 Å². The van der Waals surface area contributed by atoms with Gasteiger partial charge in [0.25, 0.3) is 0 Å². The predicted octanol–water partition coefficient (Wildman–Crippen LogP) is 5.11. The van der Waals surface area contributed by atoms with Crippen LogP contribution in [0.25, 0.3) is 6.08 Å². The fourth-order valence-corrected chi connectivity index (χ4v) is 5.16. The van der Waals surface area contributed by atoms with Crippen LogP contribution in [0.15, 0.2) is 84.9 Å². The fourth-order valence-electron chi connectivity index (χ4n) is 5.16. The Morgan fingerprint density at radius 2 is 1.62 bits per heavy atom. The minimum Gasteiger partial charge on any atom is -0.346 e. The third-order valence-corrected chi connectivity index (χ3v) is 6.52. The number of fused-ring (bicyclic) bond motifs is 3. The Labute approximate surface area is 185 Å². The van der Waals surface area contributed by atoms with Crippen LogP contribution >= 0.6 is 0 Å². The lowest BCUT2D eigenvalue weighted by atomic mass is 9.65. The highest BCUT2D eigenvalue weighted by molar-refractivity contribution is 6.06. The average molecular weight is 419 g/mol. The van der Waals surface area contributed by atoms with Crippen molar-refractivity contribution in [2.45, 2.75) is 18.0 Å². The maximum absolute atomic E-state index is 14.7. The summed E-state index contributed by atoms with van der Waals surface area (Å²) in [6.45, 7) is 0. The molecule has 154 valence electrons. The van der Waals surface area contributed by atoms with Gasteiger partial charge in [-0.3, -0.25) is 4.79 Å². The van der Waals surface area contributed by atoms with E-state index in [1.165, 1.54) is 18.2 Å². The quantitative estimate of drug-likeness (QED) is 0.553. The highest BCUT2D eigenvalue weighted by Gasteiger charge is 2.65. The molecule has 0 aromatic heterocycles. The van der Waals surface area contributed by atoms with Crippen molar-refractivity contribution < 1.29 is 9.18 Å². The number of benzene rings is 3. The highest BCUT2D eigenvalue weighted by Crippen LogP contribution is 2.56. The Morgan fingerprint density at radius 3 is 2.34 bits per heavy atom. The maximum atomic E-state index is 14.7. The first-order valence-electron chi connectivity index (χ1n) is 10.3. The van der Waals surface area contributed by atoms with E-state index in [4.69, 9.17) is 0 Å². The van der Waals surface area contributed by atoms with Gasteiger partial charge in [-0.1, -0.05) is 72.8 Å². The van der Waals surface area contributed by atoms with E-state index in [0.717, 1.165) is 11.3 Å². The average Bonchev–Trinajstić information content (AvgIpc) is 3.15. The topological polar surface area (TPSA) is 67.9 Å². The molecule has 0 bridgehead atoms. The van der Waals surface area contributed by atoms with Crippen molar-refractivity contribution in [1.82, 2.24) is 0 Å². The van der Waals surface area contributed by atoms with Crippen molar-refractivity contribution in [2.24, 2.45) is 5.41 Å². The minimum absolute atomic E-state index is 0.138. The van der Waals surface area contributed by atoms with E-state index in [-0.39, 0.29) is 5.56 Å². The summed E-state index contributed by atoms with van der Waals surface area (Å²) in [5.74, 6) is -2.05. The van der Waals surface area contributed by atoms with Gasteiger partial charge in [-0.05, 0) is 29.3 Å². The molecule has 4 nitrogen and oxygen atoms in total. The van der Waals surface area contributed by atoms with Crippen LogP contribution < -0.4 is 4.90 Å². The molecule has 0 radical (unpaired) electrons. The van der Waals surface area contributed by atoms with Gasteiger partial charge in [-0.15, -0.1) is 0 Å². The monoisotopic (exact) mass is 419 g/mol. The number of nitrogens with zero attached hydrogens (tertiary/aromatic N) is 3. The third-order valence-electron chi connectivity index (χ3n) is 6.52. The zero-order valence-electron chi connectivity index (χ0n) is 17.0. The molecule has 1 saturated heterocycles. The Morgan fingerprint density at radius 1 is 0.938 bits per heavy atom. The van der Waals surface area contributed by atoms with Gasteiger partial charge in [0, 0.05) is 11.6 Å². The van der Waals surface area contributed by atoms with Gasteiger partial charge in [0.2, 0.25) is 0 Å². The van der Waals surface area contributed by atoms with Crippen LogP contribution in [0, 0.1) is 33.9 Å². The smallest absolute Gasteiger partial charge is 0.189 e. The zero-order chi connectivity index (χ0) is 22.3. The minimum atomic E-state index is -1.69. The molecular weight excluding hydrogens is 401 g/mol. The van der Waals surface area contributed by atoms with E-state index in [1.807, 2.05) is 65.6 Å². The summed E-state index contributed by atoms with van der Waals surface area (Å²) in [4.78, 5) is 15.9. The first kappa shape index (κ1) is 19.7. The van der Waals surface area contributed by atoms with Gasteiger partial charge in [0.15, 0.2) is 11.2 Å². The second-order valence-electron chi connectivity index (χ2n) is 8.02. The summed E-state index contributed by atoms with van der Waals surface area (Å²) in [7, 11) is 0. The van der Waals surface area contributed by atoms with Crippen molar-refractivity contribution in [3.05, 3.63) is 107 Å². The van der Waals surface area contributed by atoms with Crippen LogP contribution in [0.5, 0.6) is 0 Å². The SMILES string of the molecule is N#C[C@H]1[C@H](c2ccccc2)[C@](C#N)(C(=O)c2ccccc2F)[C@@H]2C=Cc3ccccc3N21. The Hall–Kier alpha value is -4.22. The van der Waals surface area contributed by atoms with Gasteiger partial charge in [-0.25, -0.2) is 4.39 Å². The summed E-state index contributed by atoms with van der Waals surface area (Å²) in [5.41, 5.74) is 0.564. The molecule has 3 aromatic carbocycles. The summed E-state index contributed by atoms with van der Waals surface area (Å²) in [5, 5.41) is 20.9. The molecule has 2 aliphatic heterocycles. The molecule has 0 spiro atoms. The maximum Gasteiger partial charge on any atom is 0.189 e. The number of hydrogen-bond acceptors (Lipinski definition) is 4. The van der Waals surface area contributed by atoms with Gasteiger partial charge < -0.3 is 4.90 Å². The molecule has 1 fully saturated rings. The van der Waals surface area contributed by atoms with Crippen LogP contribution in [-0.4, -0.2) is 17.9 Å². The number of ketones is 1. The summed E-state index contributed by atoms with van der Waals surface area (Å²) in [6, 6.07) is 25.6. The Balaban J connectivity index is 1.81. The van der Waals surface area contributed by atoms with Crippen molar-refractivity contribution >= 4 is 17.5 Å². The molecule has 3 aromatic rings. The summed E-state index contributed by atoms with van der Waals surface area (Å²) in [6.07, 6.45) is 3.68. The lowest BCUT2D eigenvalue weighted by Gasteiger charge is -2.35. The van der Waals surface area contributed by atoms with Crippen molar-refractivity contribution in [3.63, 3.8) is 0 Å². The second-order valence-corrected chi connectivity index (χ2v) is 8.02. The number of anilines is 1. The molecule has 2 heterocycles. The highest BCUT2D eigenvalue weighted by atomic mass is 19.1. The van der Waals surface area contributed by atoms with Crippen molar-refractivity contribution in [1.29, 1.82) is 10.5 Å². The molecule has 0 amide bonds. The van der Waals surface area contributed by atoms with Crippen LogP contribution in [-0.2, 0) is 0 Å². The Bertz CT molecular complexity index is 1320. The van der Waals surface area contributed by atoms with E-state index in [0.29, 0.717) is 5.56 Å². The molecule has 0 unspecified atom stereocenters. The van der Waals surface area contributed by atoms with E-state index in [2.05, 4.69) is 12.1 Å². The van der Waals surface area contributed by atoms with E-state index in [1.54, 1.807) is 12.1 Å². The number of nitriles is 2. The molecule has 0 saturated carbocycles. The normalized spacial score (nSPS) is 25.3. The van der Waals surface area contributed by atoms with Gasteiger partial charge >= 0.3 is 0 Å². The number of carbonyl (C=O) groups is 1. The molecule has 0 aliphatic carbocycles.